The molecule has 0 saturated carbocycles. The number of carbonyl (C=O) groups excluding carboxylic acids is 2. The van der Waals surface area contributed by atoms with Gasteiger partial charge in [-0.2, -0.15) is 0 Å². The van der Waals surface area contributed by atoms with Crippen molar-refractivity contribution in [1.29, 1.82) is 0 Å². The molecule has 0 fully saturated rings. The van der Waals surface area contributed by atoms with Crippen molar-refractivity contribution >= 4 is 28.3 Å². The van der Waals surface area contributed by atoms with Gasteiger partial charge < -0.3 is 14.3 Å². The molecule has 5 rings (SSSR count). The molecule has 1 N–H and O–H groups in total. The van der Waals surface area contributed by atoms with E-state index in [0.29, 0.717) is 16.7 Å². The zero-order valence-electron chi connectivity index (χ0n) is 17.8. The van der Waals surface area contributed by atoms with Gasteiger partial charge in [0.2, 0.25) is 5.78 Å². The van der Waals surface area contributed by atoms with Gasteiger partial charge in [-0.3, -0.25) is 14.5 Å². The Morgan fingerprint density at radius 1 is 1.03 bits per heavy atom. The molecule has 0 aliphatic carbocycles. The Hall–Kier alpha value is -4.46. The van der Waals surface area contributed by atoms with Gasteiger partial charge >= 0.3 is 0 Å². The molecule has 0 spiro atoms. The fourth-order valence-corrected chi connectivity index (χ4v) is 4.16. The molecule has 0 radical (unpaired) electrons. The van der Waals surface area contributed by atoms with Crippen LogP contribution < -0.4 is 9.64 Å². The maximum Gasteiger partial charge on any atom is 0.294 e. The Bertz CT molecular complexity index is 1490. The Kier molecular flexibility index (Phi) is 5.13. The van der Waals surface area contributed by atoms with Crippen LogP contribution in [-0.4, -0.2) is 23.9 Å². The molecule has 0 bridgehead atoms. The summed E-state index contributed by atoms with van der Waals surface area (Å²) in [7, 11) is 1.45. The lowest BCUT2D eigenvalue weighted by molar-refractivity contribution is -0.117. The highest BCUT2D eigenvalue weighted by atomic mass is 19.1. The van der Waals surface area contributed by atoms with Crippen LogP contribution in [0, 0.1) is 11.6 Å². The summed E-state index contributed by atoms with van der Waals surface area (Å²) in [5, 5.41) is 11.3. The Morgan fingerprint density at radius 2 is 1.79 bits per heavy atom. The van der Waals surface area contributed by atoms with E-state index in [0.717, 1.165) is 11.0 Å². The van der Waals surface area contributed by atoms with Crippen LogP contribution in [0.2, 0.25) is 0 Å². The number of aliphatic hydroxyl groups excluding tert-OH is 1. The quantitative estimate of drug-likeness (QED) is 0.397. The number of para-hydroxylation sites is 1. The lowest BCUT2D eigenvalue weighted by Gasteiger charge is -2.27. The number of Topliss-reactive ketones (excluding diaryl/α,β-unsaturated/α-hetero) is 1. The molecule has 1 unspecified atom stereocenters. The molecule has 0 saturated heterocycles. The van der Waals surface area contributed by atoms with Gasteiger partial charge in [0.25, 0.3) is 5.91 Å². The number of amides is 1. The van der Waals surface area contributed by atoms with Crippen molar-refractivity contribution in [3.05, 3.63) is 107 Å². The third-order valence-electron chi connectivity index (χ3n) is 5.69. The monoisotopic (exact) mass is 461 g/mol. The second-order valence-corrected chi connectivity index (χ2v) is 7.66. The van der Waals surface area contributed by atoms with Gasteiger partial charge in [0.1, 0.15) is 11.6 Å². The van der Waals surface area contributed by atoms with Gasteiger partial charge in [-0.15, -0.1) is 0 Å². The molecule has 34 heavy (non-hydrogen) atoms. The van der Waals surface area contributed by atoms with Gasteiger partial charge in [0.15, 0.2) is 22.9 Å². The number of ether oxygens (including phenoxy) is 1. The first-order valence-electron chi connectivity index (χ1n) is 10.3. The average molecular weight is 461 g/mol. The minimum Gasteiger partial charge on any atom is -0.503 e. The van der Waals surface area contributed by atoms with Crippen LogP contribution in [0.25, 0.3) is 11.0 Å². The number of aliphatic hydroxyl groups is 1. The van der Waals surface area contributed by atoms with Crippen molar-refractivity contribution < 1.29 is 32.6 Å². The standard InChI is InChI=1S/C26H17F2NO5/c1-33-19-11-4-6-14-12-20(34-25(14)19)23(30)21-22(17-9-2-3-10-18(17)28)29(26(32)24(21)31)16-8-5-7-15(27)13-16/h2-13,22,31H,1H3. The van der Waals surface area contributed by atoms with Gasteiger partial charge in [0, 0.05) is 16.6 Å². The van der Waals surface area contributed by atoms with Gasteiger partial charge in [0.05, 0.1) is 18.7 Å². The number of halogens is 2. The van der Waals surface area contributed by atoms with Crippen LogP contribution in [0.15, 0.2) is 88.5 Å². The van der Waals surface area contributed by atoms with Crippen LogP contribution >= 0.6 is 0 Å². The van der Waals surface area contributed by atoms with Gasteiger partial charge in [-0.1, -0.05) is 36.4 Å². The minimum atomic E-state index is -1.35. The molecule has 3 aromatic carbocycles. The van der Waals surface area contributed by atoms with Crippen LogP contribution in [0.3, 0.4) is 0 Å². The predicted molar refractivity (Wildman–Crippen MR) is 120 cm³/mol. The second-order valence-electron chi connectivity index (χ2n) is 7.66. The van der Waals surface area contributed by atoms with Crippen molar-refractivity contribution in [2.75, 3.05) is 12.0 Å². The van der Waals surface area contributed by atoms with Crippen molar-refractivity contribution in [3.8, 4) is 5.75 Å². The first kappa shape index (κ1) is 21.4. The smallest absolute Gasteiger partial charge is 0.294 e. The van der Waals surface area contributed by atoms with E-state index < -0.39 is 35.1 Å². The minimum absolute atomic E-state index is 0.0406. The maximum atomic E-state index is 14.9. The number of benzene rings is 3. The van der Waals surface area contributed by atoms with E-state index in [4.69, 9.17) is 9.15 Å². The number of methoxy groups -OCH3 is 1. The van der Waals surface area contributed by atoms with Crippen molar-refractivity contribution in [1.82, 2.24) is 0 Å². The summed E-state index contributed by atoms with van der Waals surface area (Å²) in [5.41, 5.74) is -0.0559. The lowest BCUT2D eigenvalue weighted by atomic mass is 9.94. The fourth-order valence-electron chi connectivity index (χ4n) is 4.16. The number of anilines is 1. The maximum absolute atomic E-state index is 14.9. The van der Waals surface area contributed by atoms with E-state index in [1.54, 1.807) is 18.2 Å². The largest absolute Gasteiger partial charge is 0.503 e. The lowest BCUT2D eigenvalue weighted by Crippen LogP contribution is -2.31. The van der Waals surface area contributed by atoms with Crippen molar-refractivity contribution in [2.24, 2.45) is 0 Å². The number of ketones is 1. The molecule has 1 amide bonds. The molecule has 1 aliphatic heterocycles. The van der Waals surface area contributed by atoms with E-state index in [-0.39, 0.29) is 22.6 Å². The number of carbonyl (C=O) groups is 2. The highest BCUT2D eigenvalue weighted by Crippen LogP contribution is 2.43. The number of hydrogen-bond donors (Lipinski definition) is 1. The SMILES string of the molecule is COc1cccc2cc(C(=O)C3=C(O)C(=O)N(c4cccc(F)c4)C3c3ccccc3F)oc12. The second kappa shape index (κ2) is 8.15. The molecule has 1 atom stereocenters. The summed E-state index contributed by atoms with van der Waals surface area (Å²) in [6.45, 7) is 0. The van der Waals surface area contributed by atoms with E-state index in [2.05, 4.69) is 0 Å². The van der Waals surface area contributed by atoms with Crippen LogP contribution in [0.4, 0.5) is 14.5 Å². The summed E-state index contributed by atoms with van der Waals surface area (Å²) >= 11 is 0. The summed E-state index contributed by atoms with van der Waals surface area (Å²) in [6.07, 6.45) is 0. The fraction of sp³-hybridized carbons (Fsp3) is 0.0769. The molecule has 170 valence electrons. The van der Waals surface area contributed by atoms with Crippen LogP contribution in [-0.2, 0) is 4.79 Å². The Morgan fingerprint density at radius 3 is 2.53 bits per heavy atom. The molecule has 8 heteroatoms. The van der Waals surface area contributed by atoms with Gasteiger partial charge in [-0.05, 0) is 36.4 Å². The van der Waals surface area contributed by atoms with Crippen molar-refractivity contribution in [2.45, 2.75) is 6.04 Å². The average Bonchev–Trinajstić information content (AvgIpc) is 3.38. The number of rotatable bonds is 5. The summed E-state index contributed by atoms with van der Waals surface area (Å²) in [5.74, 6) is -3.75. The highest BCUT2D eigenvalue weighted by molar-refractivity contribution is 6.20. The zero-order valence-corrected chi connectivity index (χ0v) is 17.8. The van der Waals surface area contributed by atoms with Crippen LogP contribution in [0.5, 0.6) is 5.75 Å². The van der Waals surface area contributed by atoms with Crippen molar-refractivity contribution in [3.63, 3.8) is 0 Å². The Balaban J connectivity index is 1.69. The molecule has 4 aromatic rings. The first-order chi connectivity index (χ1) is 16.4. The highest BCUT2D eigenvalue weighted by Gasteiger charge is 2.46. The Labute approximate surface area is 192 Å². The molecular formula is C26H17F2NO5. The summed E-state index contributed by atoms with van der Waals surface area (Å²) < 4.78 is 39.9. The van der Waals surface area contributed by atoms with Crippen LogP contribution in [0.1, 0.15) is 22.2 Å². The number of furan rings is 1. The number of nitrogens with zero attached hydrogens (tertiary/aromatic N) is 1. The molecule has 2 heterocycles. The molecule has 6 nitrogen and oxygen atoms in total. The van der Waals surface area contributed by atoms with E-state index in [1.165, 1.54) is 55.6 Å². The van der Waals surface area contributed by atoms with E-state index in [1.807, 2.05) is 0 Å². The molecule has 1 aliphatic rings. The van der Waals surface area contributed by atoms with Gasteiger partial charge in [-0.25, -0.2) is 8.78 Å². The number of hydrogen-bond acceptors (Lipinski definition) is 5. The zero-order chi connectivity index (χ0) is 24.0. The third-order valence-corrected chi connectivity index (χ3v) is 5.69. The molecular weight excluding hydrogens is 444 g/mol. The number of fused-ring (bicyclic) bond motifs is 1. The first-order valence-corrected chi connectivity index (χ1v) is 10.3. The third kappa shape index (κ3) is 3.31. The molecule has 1 aromatic heterocycles. The van der Waals surface area contributed by atoms with E-state index >= 15 is 0 Å². The topological polar surface area (TPSA) is 80.0 Å². The predicted octanol–water partition coefficient (Wildman–Crippen LogP) is 5.50. The summed E-state index contributed by atoms with van der Waals surface area (Å²) in [4.78, 5) is 27.7. The summed E-state index contributed by atoms with van der Waals surface area (Å²) in [6, 6.07) is 15.8. The normalized spacial score (nSPS) is 15.9. The van der Waals surface area contributed by atoms with E-state index in [9.17, 15) is 23.5 Å².